The minimum absolute atomic E-state index is 0.226. The maximum atomic E-state index is 11.2. The molecule has 1 atom stereocenters. The molecule has 1 fully saturated rings. The van der Waals surface area contributed by atoms with Gasteiger partial charge in [-0.15, -0.1) is 0 Å². The van der Waals surface area contributed by atoms with Gasteiger partial charge in [0, 0.05) is 38.8 Å². The van der Waals surface area contributed by atoms with Gasteiger partial charge in [-0.1, -0.05) is 6.92 Å². The fourth-order valence-electron chi connectivity index (χ4n) is 1.97. The Kier molecular flexibility index (Phi) is 4.84. The molecule has 1 amide bonds. The standard InChI is InChI=1S/C10H21N3O2/c1-3-9(8-11)12-4-6-13(7-5-12)10(14)15-2/h9H,3-8,11H2,1-2H3. The van der Waals surface area contributed by atoms with Crippen molar-refractivity contribution < 1.29 is 9.53 Å². The van der Waals surface area contributed by atoms with Crippen molar-refractivity contribution in [3.8, 4) is 0 Å². The quantitative estimate of drug-likeness (QED) is 0.726. The number of amides is 1. The lowest BCUT2D eigenvalue weighted by atomic mass is 10.1. The molecular formula is C10H21N3O2. The van der Waals surface area contributed by atoms with Crippen molar-refractivity contribution in [3.05, 3.63) is 0 Å². The highest BCUT2D eigenvalue weighted by molar-refractivity contribution is 5.67. The van der Waals surface area contributed by atoms with Crippen LogP contribution in [0.2, 0.25) is 0 Å². The molecule has 1 aliphatic heterocycles. The maximum Gasteiger partial charge on any atom is 0.409 e. The number of ether oxygens (including phenoxy) is 1. The van der Waals surface area contributed by atoms with Crippen LogP contribution >= 0.6 is 0 Å². The SMILES string of the molecule is CCC(CN)N1CCN(C(=O)OC)CC1. The molecule has 88 valence electrons. The van der Waals surface area contributed by atoms with E-state index in [4.69, 9.17) is 5.73 Å². The topological polar surface area (TPSA) is 58.8 Å². The van der Waals surface area contributed by atoms with E-state index in [0.29, 0.717) is 12.6 Å². The Labute approximate surface area is 91.2 Å². The number of rotatable bonds is 3. The van der Waals surface area contributed by atoms with Gasteiger partial charge in [0.05, 0.1) is 7.11 Å². The monoisotopic (exact) mass is 215 g/mol. The fourth-order valence-corrected chi connectivity index (χ4v) is 1.97. The zero-order chi connectivity index (χ0) is 11.3. The van der Waals surface area contributed by atoms with Crippen LogP contribution < -0.4 is 5.73 Å². The zero-order valence-electron chi connectivity index (χ0n) is 9.61. The molecule has 1 saturated heterocycles. The van der Waals surface area contributed by atoms with Crippen molar-refractivity contribution in [2.75, 3.05) is 39.8 Å². The smallest absolute Gasteiger partial charge is 0.409 e. The van der Waals surface area contributed by atoms with Gasteiger partial charge < -0.3 is 15.4 Å². The minimum Gasteiger partial charge on any atom is -0.453 e. The van der Waals surface area contributed by atoms with Crippen molar-refractivity contribution in [1.82, 2.24) is 9.80 Å². The number of hydrogen-bond acceptors (Lipinski definition) is 4. The largest absolute Gasteiger partial charge is 0.453 e. The van der Waals surface area contributed by atoms with E-state index in [9.17, 15) is 4.79 Å². The first-order chi connectivity index (χ1) is 7.22. The number of piperazine rings is 1. The number of hydrogen-bond donors (Lipinski definition) is 1. The Balaban J connectivity index is 2.38. The minimum atomic E-state index is -0.226. The number of carbonyl (C=O) groups excluding carboxylic acids is 1. The Bertz CT molecular complexity index is 199. The average Bonchev–Trinajstić information content (AvgIpc) is 2.30. The van der Waals surface area contributed by atoms with E-state index in [1.54, 1.807) is 4.90 Å². The molecule has 15 heavy (non-hydrogen) atoms. The highest BCUT2D eigenvalue weighted by Crippen LogP contribution is 2.08. The maximum absolute atomic E-state index is 11.2. The molecule has 0 spiro atoms. The van der Waals surface area contributed by atoms with Crippen LogP contribution in [0.15, 0.2) is 0 Å². The summed E-state index contributed by atoms with van der Waals surface area (Å²) in [5.41, 5.74) is 5.69. The molecule has 0 aromatic rings. The summed E-state index contributed by atoms with van der Waals surface area (Å²) in [6, 6.07) is 0.449. The normalized spacial score (nSPS) is 20.1. The van der Waals surface area contributed by atoms with E-state index in [1.165, 1.54) is 7.11 Å². The van der Waals surface area contributed by atoms with Crippen LogP contribution in [0.4, 0.5) is 4.79 Å². The average molecular weight is 215 g/mol. The molecule has 1 unspecified atom stereocenters. The number of nitrogens with zero attached hydrogens (tertiary/aromatic N) is 2. The summed E-state index contributed by atoms with van der Waals surface area (Å²) in [5.74, 6) is 0. The molecule has 0 saturated carbocycles. The van der Waals surface area contributed by atoms with Gasteiger partial charge in [-0.2, -0.15) is 0 Å². The van der Waals surface area contributed by atoms with Crippen molar-refractivity contribution in [2.45, 2.75) is 19.4 Å². The molecule has 0 aliphatic carbocycles. The lowest BCUT2D eigenvalue weighted by molar-refractivity contribution is 0.0752. The van der Waals surface area contributed by atoms with Crippen molar-refractivity contribution in [3.63, 3.8) is 0 Å². The number of nitrogens with two attached hydrogens (primary N) is 1. The van der Waals surface area contributed by atoms with E-state index < -0.39 is 0 Å². The first-order valence-electron chi connectivity index (χ1n) is 5.50. The molecule has 0 bridgehead atoms. The lowest BCUT2D eigenvalue weighted by Crippen LogP contribution is -2.53. The van der Waals surface area contributed by atoms with Crippen LogP contribution in [0.1, 0.15) is 13.3 Å². The van der Waals surface area contributed by atoms with Crippen LogP contribution in [0.3, 0.4) is 0 Å². The van der Waals surface area contributed by atoms with E-state index in [1.807, 2.05) is 0 Å². The summed E-state index contributed by atoms with van der Waals surface area (Å²) in [6.45, 7) is 6.10. The third kappa shape index (κ3) is 3.07. The first-order valence-corrected chi connectivity index (χ1v) is 5.50. The summed E-state index contributed by atoms with van der Waals surface area (Å²) in [7, 11) is 1.42. The van der Waals surface area contributed by atoms with E-state index in [0.717, 1.165) is 32.6 Å². The van der Waals surface area contributed by atoms with Crippen molar-refractivity contribution in [1.29, 1.82) is 0 Å². The summed E-state index contributed by atoms with van der Waals surface area (Å²) in [4.78, 5) is 15.3. The van der Waals surface area contributed by atoms with Gasteiger partial charge in [0.25, 0.3) is 0 Å². The van der Waals surface area contributed by atoms with Gasteiger partial charge in [0.15, 0.2) is 0 Å². The lowest BCUT2D eigenvalue weighted by Gasteiger charge is -2.37. The molecule has 5 nitrogen and oxygen atoms in total. The molecule has 1 aliphatic rings. The Morgan fingerprint density at radius 3 is 2.40 bits per heavy atom. The number of carbonyl (C=O) groups is 1. The van der Waals surface area contributed by atoms with Crippen LogP contribution in [0.25, 0.3) is 0 Å². The second-order valence-electron chi connectivity index (χ2n) is 3.79. The summed E-state index contributed by atoms with van der Waals surface area (Å²) in [5, 5.41) is 0. The third-order valence-corrected chi connectivity index (χ3v) is 3.01. The van der Waals surface area contributed by atoms with E-state index in [2.05, 4.69) is 16.6 Å². The van der Waals surface area contributed by atoms with Crippen LogP contribution in [0, 0.1) is 0 Å². The molecule has 5 heteroatoms. The van der Waals surface area contributed by atoms with E-state index >= 15 is 0 Å². The van der Waals surface area contributed by atoms with Gasteiger partial charge >= 0.3 is 6.09 Å². The van der Waals surface area contributed by atoms with Crippen molar-refractivity contribution in [2.24, 2.45) is 5.73 Å². The molecular weight excluding hydrogens is 194 g/mol. The Hall–Kier alpha value is -0.810. The number of methoxy groups -OCH3 is 1. The second-order valence-corrected chi connectivity index (χ2v) is 3.79. The van der Waals surface area contributed by atoms with Crippen LogP contribution in [-0.4, -0.2) is 61.8 Å². The summed E-state index contributed by atoms with van der Waals surface area (Å²) in [6.07, 6.45) is 0.838. The molecule has 2 N–H and O–H groups in total. The van der Waals surface area contributed by atoms with Crippen molar-refractivity contribution >= 4 is 6.09 Å². The van der Waals surface area contributed by atoms with Gasteiger partial charge in [0.2, 0.25) is 0 Å². The van der Waals surface area contributed by atoms with Gasteiger partial charge in [0.1, 0.15) is 0 Å². The third-order valence-electron chi connectivity index (χ3n) is 3.01. The van der Waals surface area contributed by atoms with Crippen LogP contribution in [0.5, 0.6) is 0 Å². The van der Waals surface area contributed by atoms with Gasteiger partial charge in [-0.3, -0.25) is 4.90 Å². The summed E-state index contributed by atoms with van der Waals surface area (Å²) >= 11 is 0. The summed E-state index contributed by atoms with van der Waals surface area (Å²) < 4.78 is 4.68. The van der Waals surface area contributed by atoms with Gasteiger partial charge in [-0.05, 0) is 6.42 Å². The molecule has 1 rings (SSSR count). The van der Waals surface area contributed by atoms with E-state index in [-0.39, 0.29) is 6.09 Å². The van der Waals surface area contributed by atoms with Gasteiger partial charge in [-0.25, -0.2) is 4.79 Å². The highest BCUT2D eigenvalue weighted by Gasteiger charge is 2.24. The molecule has 1 heterocycles. The Morgan fingerprint density at radius 2 is 2.00 bits per heavy atom. The molecule has 0 aromatic carbocycles. The molecule has 0 aromatic heterocycles. The van der Waals surface area contributed by atoms with Crippen LogP contribution in [-0.2, 0) is 4.74 Å². The fraction of sp³-hybridized carbons (Fsp3) is 0.900. The first kappa shape index (κ1) is 12.3. The molecule has 0 radical (unpaired) electrons. The Morgan fingerprint density at radius 1 is 1.40 bits per heavy atom. The predicted octanol–water partition coefficient (Wildman–Crippen LogP) is 0.108. The predicted molar refractivity (Wildman–Crippen MR) is 58.7 cm³/mol. The highest BCUT2D eigenvalue weighted by atomic mass is 16.5. The zero-order valence-corrected chi connectivity index (χ0v) is 9.61. The second kappa shape index (κ2) is 5.92.